The molecule has 0 aliphatic heterocycles. The highest BCUT2D eigenvalue weighted by molar-refractivity contribution is 5.20. The van der Waals surface area contributed by atoms with Crippen molar-refractivity contribution in [3.05, 3.63) is 30.3 Å². The number of para-hydroxylation sites is 1. The second kappa shape index (κ2) is 6.76. The number of likely N-dealkylation sites (N-methyl/N-ethyl adjacent to an activating group) is 1. The monoisotopic (exact) mass is 248 g/mol. The molecule has 2 rings (SSSR count). The van der Waals surface area contributed by atoms with Crippen LogP contribution < -0.4 is 10.1 Å². The van der Waals surface area contributed by atoms with Gasteiger partial charge in [0, 0.05) is 25.2 Å². The van der Waals surface area contributed by atoms with E-state index in [4.69, 9.17) is 4.74 Å². The van der Waals surface area contributed by atoms with E-state index >= 15 is 0 Å². The Morgan fingerprint density at radius 1 is 1.33 bits per heavy atom. The molecule has 0 bridgehead atoms. The molecule has 0 spiro atoms. The Hall–Kier alpha value is -1.06. The number of benzene rings is 1. The lowest BCUT2D eigenvalue weighted by Gasteiger charge is -2.24. The Kier molecular flexibility index (Phi) is 5.02. The maximum absolute atomic E-state index is 5.63. The van der Waals surface area contributed by atoms with E-state index in [1.54, 1.807) is 0 Å². The number of rotatable bonds is 8. The summed E-state index contributed by atoms with van der Waals surface area (Å²) in [5, 5.41) is 3.45. The van der Waals surface area contributed by atoms with Crippen LogP contribution in [-0.2, 0) is 0 Å². The predicted molar refractivity (Wildman–Crippen MR) is 75.1 cm³/mol. The van der Waals surface area contributed by atoms with Crippen LogP contribution in [-0.4, -0.2) is 43.7 Å². The van der Waals surface area contributed by atoms with Crippen molar-refractivity contribution < 1.29 is 4.74 Å². The van der Waals surface area contributed by atoms with Gasteiger partial charge < -0.3 is 10.1 Å². The van der Waals surface area contributed by atoms with E-state index in [1.807, 2.05) is 30.3 Å². The predicted octanol–water partition coefficient (Wildman–Crippen LogP) is 2.14. The summed E-state index contributed by atoms with van der Waals surface area (Å²) in [6.45, 7) is 4.94. The molecule has 0 saturated heterocycles. The molecule has 1 atom stereocenters. The highest BCUT2D eigenvalue weighted by Gasteiger charge is 2.28. The zero-order chi connectivity index (χ0) is 12.8. The van der Waals surface area contributed by atoms with E-state index in [1.165, 1.54) is 12.8 Å². The van der Waals surface area contributed by atoms with Crippen molar-refractivity contribution in [1.82, 2.24) is 10.2 Å². The fourth-order valence-corrected chi connectivity index (χ4v) is 2.05. The third-order valence-corrected chi connectivity index (χ3v) is 3.55. The standard InChI is InChI=1S/C15H24N2O/c1-13(17(2)14-8-9-14)12-16-10-11-18-15-6-4-3-5-7-15/h3-7,13-14,16H,8-12H2,1-2H3. The largest absolute Gasteiger partial charge is 0.492 e. The van der Waals surface area contributed by atoms with Crippen LogP contribution in [0.4, 0.5) is 0 Å². The molecular formula is C15H24N2O. The molecule has 1 aromatic carbocycles. The van der Waals surface area contributed by atoms with Gasteiger partial charge in [-0.1, -0.05) is 18.2 Å². The molecule has 3 nitrogen and oxygen atoms in total. The lowest BCUT2D eigenvalue weighted by Crippen LogP contribution is -2.40. The Morgan fingerprint density at radius 2 is 2.06 bits per heavy atom. The van der Waals surface area contributed by atoms with Crippen molar-refractivity contribution in [2.24, 2.45) is 0 Å². The normalized spacial score (nSPS) is 16.8. The summed E-state index contributed by atoms with van der Waals surface area (Å²) in [6.07, 6.45) is 2.75. The van der Waals surface area contributed by atoms with Crippen molar-refractivity contribution in [1.29, 1.82) is 0 Å². The molecule has 0 radical (unpaired) electrons. The van der Waals surface area contributed by atoms with Gasteiger partial charge in [-0.25, -0.2) is 0 Å². The number of hydrogen-bond acceptors (Lipinski definition) is 3. The zero-order valence-corrected chi connectivity index (χ0v) is 11.4. The van der Waals surface area contributed by atoms with E-state index in [9.17, 15) is 0 Å². The minimum absolute atomic E-state index is 0.606. The van der Waals surface area contributed by atoms with Crippen LogP contribution in [0.25, 0.3) is 0 Å². The first-order chi connectivity index (χ1) is 8.77. The van der Waals surface area contributed by atoms with Crippen LogP contribution >= 0.6 is 0 Å². The van der Waals surface area contributed by atoms with Gasteiger partial charge in [-0.2, -0.15) is 0 Å². The number of nitrogens with zero attached hydrogens (tertiary/aromatic N) is 1. The summed E-state index contributed by atoms with van der Waals surface area (Å²) >= 11 is 0. The van der Waals surface area contributed by atoms with Crippen LogP contribution in [0.15, 0.2) is 30.3 Å². The third kappa shape index (κ3) is 4.31. The van der Waals surface area contributed by atoms with Crippen molar-refractivity contribution in [2.75, 3.05) is 26.7 Å². The topological polar surface area (TPSA) is 24.5 Å². The van der Waals surface area contributed by atoms with E-state index in [0.29, 0.717) is 6.04 Å². The highest BCUT2D eigenvalue weighted by Crippen LogP contribution is 2.26. The van der Waals surface area contributed by atoms with Crippen molar-refractivity contribution in [3.63, 3.8) is 0 Å². The van der Waals surface area contributed by atoms with E-state index in [-0.39, 0.29) is 0 Å². The third-order valence-electron chi connectivity index (χ3n) is 3.55. The van der Waals surface area contributed by atoms with Gasteiger partial charge in [0.2, 0.25) is 0 Å². The van der Waals surface area contributed by atoms with Gasteiger partial charge in [-0.05, 0) is 38.9 Å². The Balaban J connectivity index is 1.53. The molecule has 0 amide bonds. The summed E-state index contributed by atoms with van der Waals surface area (Å²) in [6, 6.07) is 11.4. The Morgan fingerprint density at radius 3 is 2.72 bits per heavy atom. The highest BCUT2D eigenvalue weighted by atomic mass is 16.5. The van der Waals surface area contributed by atoms with Gasteiger partial charge in [0.05, 0.1) is 0 Å². The first-order valence-electron chi connectivity index (χ1n) is 6.88. The SMILES string of the molecule is CC(CNCCOc1ccccc1)N(C)C1CC1. The molecule has 0 heterocycles. The molecule has 3 heteroatoms. The van der Waals surface area contributed by atoms with Gasteiger partial charge >= 0.3 is 0 Å². The fourth-order valence-electron chi connectivity index (χ4n) is 2.05. The minimum Gasteiger partial charge on any atom is -0.492 e. The molecule has 18 heavy (non-hydrogen) atoms. The van der Waals surface area contributed by atoms with E-state index in [2.05, 4.69) is 24.2 Å². The lowest BCUT2D eigenvalue weighted by molar-refractivity contribution is 0.235. The summed E-state index contributed by atoms with van der Waals surface area (Å²) in [7, 11) is 2.23. The molecule has 1 aromatic rings. The smallest absolute Gasteiger partial charge is 0.119 e. The van der Waals surface area contributed by atoms with Crippen LogP contribution in [0.5, 0.6) is 5.75 Å². The van der Waals surface area contributed by atoms with Crippen LogP contribution in [0.1, 0.15) is 19.8 Å². The maximum Gasteiger partial charge on any atom is 0.119 e. The molecular weight excluding hydrogens is 224 g/mol. The van der Waals surface area contributed by atoms with Crippen LogP contribution in [0, 0.1) is 0 Å². The number of hydrogen-bond donors (Lipinski definition) is 1. The maximum atomic E-state index is 5.63. The van der Waals surface area contributed by atoms with Crippen molar-refractivity contribution >= 4 is 0 Å². The molecule has 1 unspecified atom stereocenters. The van der Waals surface area contributed by atoms with Gasteiger partial charge in [0.1, 0.15) is 12.4 Å². The zero-order valence-electron chi connectivity index (χ0n) is 11.4. The molecule has 1 saturated carbocycles. The van der Waals surface area contributed by atoms with E-state index in [0.717, 1.165) is 31.5 Å². The van der Waals surface area contributed by atoms with Gasteiger partial charge in [0.25, 0.3) is 0 Å². The minimum atomic E-state index is 0.606. The fraction of sp³-hybridized carbons (Fsp3) is 0.600. The van der Waals surface area contributed by atoms with E-state index < -0.39 is 0 Å². The number of ether oxygens (including phenoxy) is 1. The summed E-state index contributed by atoms with van der Waals surface area (Å²) in [5.41, 5.74) is 0. The molecule has 1 fully saturated rings. The second-order valence-corrected chi connectivity index (χ2v) is 5.11. The van der Waals surface area contributed by atoms with Gasteiger partial charge in [-0.3, -0.25) is 4.90 Å². The summed E-state index contributed by atoms with van der Waals surface area (Å²) in [4.78, 5) is 2.48. The van der Waals surface area contributed by atoms with Crippen molar-refractivity contribution in [3.8, 4) is 5.75 Å². The first kappa shape index (κ1) is 13.4. The second-order valence-electron chi connectivity index (χ2n) is 5.11. The van der Waals surface area contributed by atoms with Crippen LogP contribution in [0.3, 0.4) is 0 Å². The molecule has 100 valence electrons. The first-order valence-corrected chi connectivity index (χ1v) is 6.88. The average Bonchev–Trinajstić information content (AvgIpc) is 3.23. The van der Waals surface area contributed by atoms with Gasteiger partial charge in [0.15, 0.2) is 0 Å². The molecule has 0 aromatic heterocycles. The van der Waals surface area contributed by atoms with Gasteiger partial charge in [-0.15, -0.1) is 0 Å². The molecule has 1 N–H and O–H groups in total. The quantitative estimate of drug-likeness (QED) is 0.713. The van der Waals surface area contributed by atoms with Crippen LogP contribution in [0.2, 0.25) is 0 Å². The summed E-state index contributed by atoms with van der Waals surface area (Å²) in [5.74, 6) is 0.947. The lowest BCUT2D eigenvalue weighted by atomic mass is 10.3. The summed E-state index contributed by atoms with van der Waals surface area (Å²) < 4.78 is 5.63. The Labute approximate surface area is 110 Å². The average molecular weight is 248 g/mol. The number of nitrogens with one attached hydrogen (secondary N) is 1. The Bertz CT molecular complexity index is 338. The van der Waals surface area contributed by atoms with Crippen molar-refractivity contribution in [2.45, 2.75) is 31.8 Å². The molecule has 1 aliphatic rings. The molecule has 1 aliphatic carbocycles.